The number of methoxy groups -OCH3 is 2. The highest BCUT2D eigenvalue weighted by atomic mass is 79.9. The van der Waals surface area contributed by atoms with Crippen molar-refractivity contribution in [3.05, 3.63) is 28.2 Å². The van der Waals surface area contributed by atoms with Crippen LogP contribution in [0.1, 0.15) is 23.2 Å². The Morgan fingerprint density at radius 3 is 2.86 bits per heavy atom. The van der Waals surface area contributed by atoms with E-state index in [1.807, 2.05) is 0 Å². The predicted molar refractivity (Wildman–Crippen MR) is 84.9 cm³/mol. The standard InChI is InChI=1S/C15H21BrN2O3/c1-20-10-15(6-3-7-18-15)9-17-14(19)11-4-5-13(21-2)12(16)8-11/h4-5,8,18H,3,6-7,9-10H2,1-2H3,(H,17,19). The van der Waals surface area contributed by atoms with Gasteiger partial charge in [0.15, 0.2) is 0 Å². The van der Waals surface area contributed by atoms with E-state index >= 15 is 0 Å². The van der Waals surface area contributed by atoms with E-state index in [1.165, 1.54) is 0 Å². The van der Waals surface area contributed by atoms with Crippen LogP contribution in [0.4, 0.5) is 0 Å². The molecule has 0 aliphatic carbocycles. The molecule has 1 heterocycles. The zero-order valence-electron chi connectivity index (χ0n) is 12.4. The Kier molecular flexibility index (Phi) is 5.61. The molecule has 1 aromatic carbocycles. The van der Waals surface area contributed by atoms with E-state index in [-0.39, 0.29) is 11.4 Å². The van der Waals surface area contributed by atoms with E-state index in [4.69, 9.17) is 9.47 Å². The highest BCUT2D eigenvalue weighted by molar-refractivity contribution is 9.10. The summed E-state index contributed by atoms with van der Waals surface area (Å²) in [5.41, 5.74) is 0.460. The number of nitrogens with one attached hydrogen (secondary N) is 2. The number of carbonyl (C=O) groups excluding carboxylic acids is 1. The van der Waals surface area contributed by atoms with Gasteiger partial charge >= 0.3 is 0 Å². The molecule has 0 bridgehead atoms. The minimum atomic E-state index is -0.145. The molecule has 0 spiro atoms. The molecule has 5 nitrogen and oxygen atoms in total. The lowest BCUT2D eigenvalue weighted by atomic mass is 9.98. The van der Waals surface area contributed by atoms with Crippen LogP contribution in [-0.2, 0) is 4.74 Å². The van der Waals surface area contributed by atoms with Gasteiger partial charge in [0.1, 0.15) is 5.75 Å². The van der Waals surface area contributed by atoms with Crippen LogP contribution < -0.4 is 15.4 Å². The van der Waals surface area contributed by atoms with Gasteiger partial charge < -0.3 is 20.1 Å². The van der Waals surface area contributed by atoms with Crippen molar-refractivity contribution in [1.82, 2.24) is 10.6 Å². The largest absolute Gasteiger partial charge is 0.496 e. The highest BCUT2D eigenvalue weighted by Gasteiger charge is 2.33. The minimum Gasteiger partial charge on any atom is -0.496 e. The number of hydrogen-bond donors (Lipinski definition) is 2. The Balaban J connectivity index is 1.99. The average Bonchev–Trinajstić information content (AvgIpc) is 2.94. The zero-order valence-corrected chi connectivity index (χ0v) is 14.0. The molecule has 1 aliphatic heterocycles. The fraction of sp³-hybridized carbons (Fsp3) is 0.533. The maximum absolute atomic E-state index is 12.3. The van der Waals surface area contributed by atoms with Crippen molar-refractivity contribution in [1.29, 1.82) is 0 Å². The van der Waals surface area contributed by atoms with Crippen LogP contribution in [0.5, 0.6) is 5.75 Å². The van der Waals surface area contributed by atoms with Crippen molar-refractivity contribution in [3.8, 4) is 5.75 Å². The van der Waals surface area contributed by atoms with E-state index in [1.54, 1.807) is 32.4 Å². The number of halogens is 1. The molecule has 21 heavy (non-hydrogen) atoms. The first kappa shape index (κ1) is 16.3. The molecular formula is C15H21BrN2O3. The lowest BCUT2D eigenvalue weighted by molar-refractivity contribution is 0.0892. The SMILES string of the molecule is COCC1(CNC(=O)c2ccc(OC)c(Br)c2)CCCN1. The summed E-state index contributed by atoms with van der Waals surface area (Å²) in [6.45, 7) is 2.12. The zero-order chi connectivity index (χ0) is 15.3. The van der Waals surface area contributed by atoms with E-state index in [0.29, 0.717) is 24.5 Å². The molecule has 0 radical (unpaired) electrons. The maximum atomic E-state index is 12.3. The Morgan fingerprint density at radius 2 is 2.29 bits per heavy atom. The van der Waals surface area contributed by atoms with Gasteiger partial charge in [0, 0.05) is 19.2 Å². The van der Waals surface area contributed by atoms with Crippen LogP contribution in [0, 0.1) is 0 Å². The summed E-state index contributed by atoms with van der Waals surface area (Å²) in [6.07, 6.45) is 2.11. The predicted octanol–water partition coefficient (Wildman–Crippen LogP) is 1.96. The number of benzene rings is 1. The molecule has 1 saturated heterocycles. The molecule has 2 rings (SSSR count). The molecule has 116 valence electrons. The van der Waals surface area contributed by atoms with Crippen molar-refractivity contribution >= 4 is 21.8 Å². The normalized spacial score (nSPS) is 21.3. The van der Waals surface area contributed by atoms with Gasteiger partial charge in [-0.1, -0.05) is 0 Å². The van der Waals surface area contributed by atoms with Crippen molar-refractivity contribution in [2.24, 2.45) is 0 Å². The van der Waals surface area contributed by atoms with E-state index in [0.717, 1.165) is 23.9 Å². The molecule has 2 N–H and O–H groups in total. The smallest absolute Gasteiger partial charge is 0.251 e. The molecule has 1 amide bonds. The summed E-state index contributed by atoms with van der Waals surface area (Å²) in [5, 5.41) is 6.43. The van der Waals surface area contributed by atoms with Crippen molar-refractivity contribution < 1.29 is 14.3 Å². The molecule has 1 aromatic rings. The summed E-state index contributed by atoms with van der Waals surface area (Å²) in [5.74, 6) is 0.613. The third-order valence-electron chi connectivity index (χ3n) is 3.75. The molecule has 1 atom stereocenters. The van der Waals surface area contributed by atoms with Gasteiger partial charge in [0.25, 0.3) is 5.91 Å². The minimum absolute atomic E-state index is 0.0949. The van der Waals surface area contributed by atoms with Gasteiger partial charge in [-0.25, -0.2) is 0 Å². The van der Waals surface area contributed by atoms with E-state index in [2.05, 4.69) is 26.6 Å². The van der Waals surface area contributed by atoms with Crippen LogP contribution in [0.25, 0.3) is 0 Å². The molecule has 6 heteroatoms. The monoisotopic (exact) mass is 356 g/mol. The van der Waals surface area contributed by atoms with E-state index in [9.17, 15) is 4.79 Å². The summed E-state index contributed by atoms with van der Waals surface area (Å²) < 4.78 is 11.2. The number of carbonyl (C=O) groups is 1. The number of ether oxygens (including phenoxy) is 2. The van der Waals surface area contributed by atoms with Crippen molar-refractivity contribution in [2.75, 3.05) is 33.9 Å². The first-order chi connectivity index (χ1) is 10.1. The molecule has 0 saturated carbocycles. The van der Waals surface area contributed by atoms with E-state index < -0.39 is 0 Å². The third-order valence-corrected chi connectivity index (χ3v) is 4.37. The van der Waals surface area contributed by atoms with Crippen molar-refractivity contribution in [2.45, 2.75) is 18.4 Å². The second-order valence-corrected chi connectivity index (χ2v) is 6.13. The molecule has 0 aromatic heterocycles. The Bertz CT molecular complexity index is 502. The highest BCUT2D eigenvalue weighted by Crippen LogP contribution is 2.25. The lowest BCUT2D eigenvalue weighted by Gasteiger charge is -2.29. The molecular weight excluding hydrogens is 336 g/mol. The van der Waals surface area contributed by atoms with Gasteiger partial charge in [-0.15, -0.1) is 0 Å². The topological polar surface area (TPSA) is 59.6 Å². The number of amides is 1. The van der Waals surface area contributed by atoms with Gasteiger partial charge in [-0.2, -0.15) is 0 Å². The Morgan fingerprint density at radius 1 is 1.48 bits per heavy atom. The quantitative estimate of drug-likeness (QED) is 0.817. The summed E-state index contributed by atoms with van der Waals surface area (Å²) in [7, 11) is 3.28. The summed E-state index contributed by atoms with van der Waals surface area (Å²) in [6, 6.07) is 5.29. The first-order valence-electron chi connectivity index (χ1n) is 6.96. The van der Waals surface area contributed by atoms with Gasteiger partial charge in [-0.3, -0.25) is 4.79 Å². The van der Waals surface area contributed by atoms with Crippen LogP contribution in [0.3, 0.4) is 0 Å². The van der Waals surface area contributed by atoms with Crippen molar-refractivity contribution in [3.63, 3.8) is 0 Å². The average molecular weight is 357 g/mol. The summed E-state index contributed by atoms with van der Waals surface area (Å²) in [4.78, 5) is 12.3. The van der Waals surface area contributed by atoms with Crippen LogP contribution >= 0.6 is 15.9 Å². The second kappa shape index (κ2) is 7.24. The number of hydrogen-bond acceptors (Lipinski definition) is 4. The molecule has 1 aliphatic rings. The third kappa shape index (κ3) is 3.96. The summed E-state index contributed by atoms with van der Waals surface area (Å²) >= 11 is 3.39. The van der Waals surface area contributed by atoms with Crippen LogP contribution in [0.15, 0.2) is 22.7 Å². The van der Waals surface area contributed by atoms with Gasteiger partial charge in [-0.05, 0) is 53.5 Å². The molecule has 1 unspecified atom stereocenters. The Hall–Kier alpha value is -1.11. The van der Waals surface area contributed by atoms with Crippen LogP contribution in [0.2, 0.25) is 0 Å². The Labute approximate surface area is 133 Å². The van der Waals surface area contributed by atoms with Gasteiger partial charge in [0.05, 0.1) is 23.7 Å². The lowest BCUT2D eigenvalue weighted by Crippen LogP contribution is -2.53. The first-order valence-corrected chi connectivity index (χ1v) is 7.75. The molecule has 1 fully saturated rings. The fourth-order valence-corrected chi connectivity index (χ4v) is 3.17. The second-order valence-electron chi connectivity index (χ2n) is 5.28. The number of rotatable bonds is 6. The maximum Gasteiger partial charge on any atom is 0.251 e. The van der Waals surface area contributed by atoms with Gasteiger partial charge in [0.2, 0.25) is 0 Å². The van der Waals surface area contributed by atoms with Crippen LogP contribution in [-0.4, -0.2) is 45.4 Å². The fourth-order valence-electron chi connectivity index (χ4n) is 2.63.